The molecule has 0 aliphatic heterocycles. The first kappa shape index (κ1) is 18.4. The lowest BCUT2D eigenvalue weighted by Crippen LogP contribution is -2.17. The summed E-state index contributed by atoms with van der Waals surface area (Å²) in [6.45, 7) is 0.255. The molecule has 0 fully saturated rings. The number of rotatable bonds is 6. The van der Waals surface area contributed by atoms with E-state index in [1.165, 1.54) is 13.1 Å². The van der Waals surface area contributed by atoms with Crippen LogP contribution in [0.5, 0.6) is 0 Å². The summed E-state index contributed by atoms with van der Waals surface area (Å²) in [5, 5.41) is 3.23. The van der Waals surface area contributed by atoms with E-state index in [0.29, 0.717) is 17.8 Å². The molecule has 138 valence electrons. The number of nitrogens with zero attached hydrogens (tertiary/aromatic N) is 2. The van der Waals surface area contributed by atoms with E-state index in [0.717, 1.165) is 16.8 Å². The molecule has 0 bridgehead atoms. The summed E-state index contributed by atoms with van der Waals surface area (Å²) >= 11 is 0. The molecule has 0 aliphatic rings. The summed E-state index contributed by atoms with van der Waals surface area (Å²) in [6.07, 6.45) is 2.13. The largest absolute Gasteiger partial charge is 0.465 e. The minimum Gasteiger partial charge on any atom is -0.465 e. The van der Waals surface area contributed by atoms with Crippen LogP contribution < -0.4 is 11.1 Å². The van der Waals surface area contributed by atoms with Crippen LogP contribution in [-0.4, -0.2) is 24.7 Å². The van der Waals surface area contributed by atoms with Crippen molar-refractivity contribution in [3.05, 3.63) is 78.2 Å². The van der Waals surface area contributed by atoms with Gasteiger partial charge in [0.25, 0.3) is 6.02 Å². The van der Waals surface area contributed by atoms with Gasteiger partial charge in [0.1, 0.15) is 11.6 Å². The Hall–Kier alpha value is -3.41. The zero-order valence-corrected chi connectivity index (χ0v) is 15.0. The molecule has 1 heterocycles. The highest BCUT2D eigenvalue weighted by molar-refractivity contribution is 5.71. The van der Waals surface area contributed by atoms with Gasteiger partial charge in [0.05, 0.1) is 6.61 Å². The predicted octanol–water partition coefficient (Wildman–Crippen LogP) is 4.13. The maximum absolute atomic E-state index is 14.0. The molecule has 0 aliphatic carbocycles. The van der Waals surface area contributed by atoms with Gasteiger partial charge in [-0.05, 0) is 47.0 Å². The Morgan fingerprint density at radius 1 is 1.11 bits per heavy atom. The van der Waals surface area contributed by atoms with E-state index in [9.17, 15) is 4.39 Å². The molecule has 1 aromatic heterocycles. The van der Waals surface area contributed by atoms with Crippen molar-refractivity contribution in [3.63, 3.8) is 0 Å². The fraction of sp³-hybridized carbons (Fsp3) is 0.143. The lowest BCUT2D eigenvalue weighted by atomic mass is 10.1. The predicted molar refractivity (Wildman–Crippen MR) is 107 cm³/mol. The minimum atomic E-state index is -0.290. The maximum Gasteiger partial charge on any atom is 0.281 e. The van der Waals surface area contributed by atoms with Crippen LogP contribution in [0.4, 0.5) is 15.9 Å². The Kier molecular flexibility index (Phi) is 5.99. The Morgan fingerprint density at radius 2 is 1.93 bits per heavy atom. The van der Waals surface area contributed by atoms with Crippen molar-refractivity contribution < 1.29 is 9.13 Å². The van der Waals surface area contributed by atoms with Gasteiger partial charge in [0.15, 0.2) is 0 Å². The zero-order valence-electron chi connectivity index (χ0n) is 15.0. The molecule has 0 atom stereocenters. The number of pyridine rings is 1. The third-order valence-corrected chi connectivity index (χ3v) is 4.03. The van der Waals surface area contributed by atoms with Crippen LogP contribution in [0.25, 0.3) is 11.1 Å². The summed E-state index contributed by atoms with van der Waals surface area (Å²) in [4.78, 5) is 8.05. The number of nitrogens with two attached hydrogens (primary N) is 1. The third kappa shape index (κ3) is 5.04. The number of anilines is 2. The fourth-order valence-electron chi connectivity index (χ4n) is 2.63. The van der Waals surface area contributed by atoms with Crippen LogP contribution in [0.1, 0.15) is 5.56 Å². The first-order valence-corrected chi connectivity index (χ1v) is 8.57. The second kappa shape index (κ2) is 8.80. The lowest BCUT2D eigenvalue weighted by molar-refractivity contribution is 0.301. The Morgan fingerprint density at radius 3 is 2.70 bits per heavy atom. The maximum atomic E-state index is 14.0. The van der Waals surface area contributed by atoms with Gasteiger partial charge < -0.3 is 15.8 Å². The number of benzene rings is 2. The third-order valence-electron chi connectivity index (χ3n) is 4.03. The topological polar surface area (TPSA) is 72.5 Å². The van der Waals surface area contributed by atoms with E-state index < -0.39 is 0 Å². The second-order valence-corrected chi connectivity index (χ2v) is 5.89. The summed E-state index contributed by atoms with van der Waals surface area (Å²) in [7, 11) is 1.54. The van der Waals surface area contributed by atoms with Crippen LogP contribution >= 0.6 is 0 Å². The molecule has 0 spiro atoms. The number of hydrogen-bond donors (Lipinski definition) is 2. The van der Waals surface area contributed by atoms with Crippen molar-refractivity contribution in [1.29, 1.82) is 0 Å². The van der Waals surface area contributed by atoms with E-state index in [1.807, 2.05) is 42.5 Å². The number of amidine groups is 1. The first-order valence-electron chi connectivity index (χ1n) is 8.57. The average molecular weight is 364 g/mol. The van der Waals surface area contributed by atoms with Gasteiger partial charge in [-0.1, -0.05) is 30.3 Å². The van der Waals surface area contributed by atoms with E-state index >= 15 is 0 Å². The molecule has 6 heteroatoms. The highest BCUT2D eigenvalue weighted by atomic mass is 19.1. The molecule has 2 aromatic carbocycles. The number of aromatic nitrogens is 1. The molecule has 3 N–H and O–H groups in total. The van der Waals surface area contributed by atoms with Gasteiger partial charge >= 0.3 is 0 Å². The SMILES string of the molecule is CN=C(N)OCCc1cc(Nc2cc(-c3ccccc3)ccn2)ccc1F. The number of halogens is 1. The van der Waals surface area contributed by atoms with E-state index in [4.69, 9.17) is 10.5 Å². The molecular weight excluding hydrogens is 343 g/mol. The van der Waals surface area contributed by atoms with E-state index in [2.05, 4.69) is 15.3 Å². The fourth-order valence-corrected chi connectivity index (χ4v) is 2.63. The quantitative estimate of drug-likeness (QED) is 0.509. The molecule has 0 unspecified atom stereocenters. The van der Waals surface area contributed by atoms with Gasteiger partial charge in [-0.25, -0.2) is 14.4 Å². The molecule has 0 saturated carbocycles. The van der Waals surface area contributed by atoms with Crippen molar-refractivity contribution in [2.45, 2.75) is 6.42 Å². The highest BCUT2D eigenvalue weighted by Crippen LogP contribution is 2.24. The monoisotopic (exact) mass is 364 g/mol. The van der Waals surface area contributed by atoms with Gasteiger partial charge in [0.2, 0.25) is 0 Å². The Bertz CT molecular complexity index is 928. The number of aliphatic imine (C=N–C) groups is 1. The van der Waals surface area contributed by atoms with Crippen molar-refractivity contribution in [1.82, 2.24) is 4.98 Å². The van der Waals surface area contributed by atoms with Crippen molar-refractivity contribution in [3.8, 4) is 11.1 Å². The van der Waals surface area contributed by atoms with E-state index in [1.54, 1.807) is 18.3 Å². The molecule has 3 rings (SSSR count). The molecule has 0 radical (unpaired) electrons. The van der Waals surface area contributed by atoms with Crippen molar-refractivity contribution >= 4 is 17.5 Å². The highest BCUT2D eigenvalue weighted by Gasteiger charge is 2.06. The van der Waals surface area contributed by atoms with Gasteiger partial charge in [-0.15, -0.1) is 0 Å². The van der Waals surface area contributed by atoms with Crippen LogP contribution in [0.3, 0.4) is 0 Å². The van der Waals surface area contributed by atoms with Gasteiger partial charge in [0, 0.05) is 25.4 Å². The van der Waals surface area contributed by atoms with Crippen LogP contribution in [0, 0.1) is 5.82 Å². The Balaban J connectivity index is 1.73. The van der Waals surface area contributed by atoms with Crippen molar-refractivity contribution in [2.75, 3.05) is 19.0 Å². The van der Waals surface area contributed by atoms with Crippen LogP contribution in [-0.2, 0) is 11.2 Å². The second-order valence-electron chi connectivity index (χ2n) is 5.89. The molecule has 0 saturated heterocycles. The van der Waals surface area contributed by atoms with Gasteiger partial charge in [-0.2, -0.15) is 0 Å². The lowest BCUT2D eigenvalue weighted by Gasteiger charge is -2.11. The normalized spacial score (nSPS) is 11.3. The number of nitrogens with one attached hydrogen (secondary N) is 1. The average Bonchev–Trinajstić information content (AvgIpc) is 2.71. The first-order chi connectivity index (χ1) is 13.2. The smallest absolute Gasteiger partial charge is 0.281 e. The Labute approximate surface area is 157 Å². The summed E-state index contributed by atoms with van der Waals surface area (Å²) < 4.78 is 19.2. The zero-order chi connectivity index (χ0) is 19.1. The molecular formula is C21H21FN4O. The summed E-state index contributed by atoms with van der Waals surface area (Å²) in [5.74, 6) is 0.398. The van der Waals surface area contributed by atoms with E-state index in [-0.39, 0.29) is 18.4 Å². The van der Waals surface area contributed by atoms with Crippen LogP contribution in [0.2, 0.25) is 0 Å². The number of ether oxygens (including phenoxy) is 1. The number of hydrogen-bond acceptors (Lipinski definition) is 4. The standard InChI is InChI=1S/C21H21FN4O/c1-24-21(23)27-12-10-17-13-18(7-8-19(17)22)26-20-14-16(9-11-25-20)15-5-3-2-4-6-15/h2-9,11,13-14H,10,12H2,1H3,(H2,23,24)(H,25,26). The van der Waals surface area contributed by atoms with Crippen LogP contribution in [0.15, 0.2) is 71.9 Å². The molecule has 27 heavy (non-hydrogen) atoms. The van der Waals surface area contributed by atoms with Crippen molar-refractivity contribution in [2.24, 2.45) is 10.7 Å². The van der Waals surface area contributed by atoms with Gasteiger partial charge in [-0.3, -0.25) is 0 Å². The minimum absolute atomic E-state index is 0.0895. The summed E-state index contributed by atoms with van der Waals surface area (Å²) in [5.41, 5.74) is 8.92. The molecule has 5 nitrogen and oxygen atoms in total. The molecule has 3 aromatic rings. The summed E-state index contributed by atoms with van der Waals surface area (Å²) in [6, 6.07) is 18.9. The molecule has 0 amide bonds.